The van der Waals surface area contributed by atoms with E-state index in [4.69, 9.17) is 4.74 Å². The lowest BCUT2D eigenvalue weighted by atomic mass is 10.1. The van der Waals surface area contributed by atoms with Crippen LogP contribution >= 0.6 is 0 Å². The lowest BCUT2D eigenvalue weighted by Crippen LogP contribution is -2.30. The van der Waals surface area contributed by atoms with Gasteiger partial charge in [-0.2, -0.15) is 0 Å². The first-order chi connectivity index (χ1) is 7.84. The van der Waals surface area contributed by atoms with Crippen LogP contribution in [0, 0.1) is 0 Å². The third-order valence-electron chi connectivity index (χ3n) is 2.63. The van der Waals surface area contributed by atoms with E-state index < -0.39 is 0 Å². The van der Waals surface area contributed by atoms with E-state index in [-0.39, 0.29) is 5.95 Å². The maximum absolute atomic E-state index is 9.78. The minimum atomic E-state index is -0.0331. The number of fused-ring (bicyclic) bond motifs is 1. The van der Waals surface area contributed by atoms with Crippen LogP contribution in [0.2, 0.25) is 0 Å². The molecule has 0 saturated heterocycles. The SMILES string of the molecule is OC1=c2ccccc2=CC(=C2C=CC=C2)O1. The highest BCUT2D eigenvalue weighted by atomic mass is 16.6. The van der Waals surface area contributed by atoms with Crippen molar-refractivity contribution >= 4 is 12.0 Å². The molecule has 1 heterocycles. The summed E-state index contributed by atoms with van der Waals surface area (Å²) >= 11 is 0. The fourth-order valence-electron chi connectivity index (χ4n) is 1.83. The highest BCUT2D eigenvalue weighted by Gasteiger charge is 2.11. The quantitative estimate of drug-likeness (QED) is 0.703. The standard InChI is InChI=1S/C14H10O2/c15-14-12-8-4-3-7-11(12)9-13(16-14)10-5-1-2-6-10/h1-9,15H. The molecule has 2 heteroatoms. The van der Waals surface area contributed by atoms with Gasteiger partial charge in [-0.15, -0.1) is 0 Å². The molecule has 78 valence electrons. The van der Waals surface area contributed by atoms with E-state index in [9.17, 15) is 5.11 Å². The molecule has 0 amide bonds. The summed E-state index contributed by atoms with van der Waals surface area (Å²) in [6.45, 7) is 0. The van der Waals surface area contributed by atoms with Gasteiger partial charge in [-0.25, -0.2) is 0 Å². The molecule has 3 rings (SSSR count). The van der Waals surface area contributed by atoms with E-state index >= 15 is 0 Å². The molecule has 2 aliphatic rings. The first-order valence-electron chi connectivity index (χ1n) is 5.11. The maximum atomic E-state index is 9.78. The Labute approximate surface area is 92.8 Å². The Morgan fingerprint density at radius 2 is 1.75 bits per heavy atom. The molecule has 1 aliphatic heterocycles. The van der Waals surface area contributed by atoms with Gasteiger partial charge in [0.25, 0.3) is 5.95 Å². The highest BCUT2D eigenvalue weighted by Crippen LogP contribution is 2.18. The Hall–Kier alpha value is -2.22. The van der Waals surface area contributed by atoms with E-state index in [1.54, 1.807) is 0 Å². The van der Waals surface area contributed by atoms with Gasteiger partial charge in [-0.1, -0.05) is 42.5 Å². The van der Waals surface area contributed by atoms with Gasteiger partial charge >= 0.3 is 0 Å². The lowest BCUT2D eigenvalue weighted by molar-refractivity contribution is 0.250. The van der Waals surface area contributed by atoms with Crippen molar-refractivity contribution in [1.29, 1.82) is 0 Å². The van der Waals surface area contributed by atoms with Crippen LogP contribution < -0.4 is 10.4 Å². The predicted molar refractivity (Wildman–Crippen MR) is 62.6 cm³/mol. The van der Waals surface area contributed by atoms with E-state index in [2.05, 4.69) is 0 Å². The Morgan fingerprint density at radius 3 is 2.56 bits per heavy atom. The summed E-state index contributed by atoms with van der Waals surface area (Å²) in [5.41, 5.74) is 0.973. The van der Waals surface area contributed by atoms with Gasteiger partial charge < -0.3 is 9.84 Å². The molecule has 1 N–H and O–H groups in total. The number of allylic oxidation sites excluding steroid dienone is 6. The molecule has 0 bridgehead atoms. The number of aliphatic hydroxyl groups excluding tert-OH is 1. The van der Waals surface area contributed by atoms with E-state index in [1.165, 1.54) is 0 Å². The van der Waals surface area contributed by atoms with Crippen LogP contribution in [0.25, 0.3) is 12.0 Å². The van der Waals surface area contributed by atoms with Gasteiger partial charge in [0.2, 0.25) is 0 Å². The van der Waals surface area contributed by atoms with Crippen molar-refractivity contribution in [3.63, 3.8) is 0 Å². The van der Waals surface area contributed by atoms with Crippen molar-refractivity contribution in [2.24, 2.45) is 0 Å². The summed E-state index contributed by atoms with van der Waals surface area (Å²) in [5.74, 6) is 0.649. The highest BCUT2D eigenvalue weighted by molar-refractivity contribution is 5.59. The van der Waals surface area contributed by atoms with E-state index in [0.717, 1.165) is 16.0 Å². The molecule has 0 atom stereocenters. The van der Waals surface area contributed by atoms with Crippen LogP contribution in [0.1, 0.15) is 0 Å². The monoisotopic (exact) mass is 210 g/mol. The van der Waals surface area contributed by atoms with E-state index in [0.29, 0.717) is 5.76 Å². The summed E-state index contributed by atoms with van der Waals surface area (Å²) in [5, 5.41) is 11.5. The van der Waals surface area contributed by atoms with Gasteiger partial charge in [0.1, 0.15) is 5.76 Å². The number of ether oxygens (including phenoxy) is 1. The van der Waals surface area contributed by atoms with Gasteiger partial charge in [-0.05, 0) is 17.4 Å². The summed E-state index contributed by atoms with van der Waals surface area (Å²) in [7, 11) is 0. The Bertz CT molecular complexity index is 632. The number of benzene rings is 1. The van der Waals surface area contributed by atoms with Crippen LogP contribution in [0.4, 0.5) is 0 Å². The average Bonchev–Trinajstić information content (AvgIpc) is 2.82. The second-order valence-corrected chi connectivity index (χ2v) is 3.68. The van der Waals surface area contributed by atoms with Crippen molar-refractivity contribution < 1.29 is 9.84 Å². The van der Waals surface area contributed by atoms with Crippen molar-refractivity contribution in [2.75, 3.05) is 0 Å². The Morgan fingerprint density at radius 1 is 1.00 bits per heavy atom. The molecular formula is C14H10O2. The summed E-state index contributed by atoms with van der Waals surface area (Å²) in [6.07, 6.45) is 9.72. The number of hydrogen-bond donors (Lipinski definition) is 1. The maximum Gasteiger partial charge on any atom is 0.290 e. The lowest BCUT2D eigenvalue weighted by Gasteiger charge is -2.11. The van der Waals surface area contributed by atoms with Crippen LogP contribution in [-0.2, 0) is 4.74 Å². The predicted octanol–water partition coefficient (Wildman–Crippen LogP) is 1.50. The molecule has 0 saturated carbocycles. The molecule has 1 aliphatic carbocycles. The van der Waals surface area contributed by atoms with E-state index in [1.807, 2.05) is 54.6 Å². The molecule has 0 fully saturated rings. The molecule has 16 heavy (non-hydrogen) atoms. The number of aliphatic hydroxyl groups is 1. The summed E-state index contributed by atoms with van der Waals surface area (Å²) in [4.78, 5) is 0. The van der Waals surface area contributed by atoms with Crippen molar-refractivity contribution in [2.45, 2.75) is 0 Å². The topological polar surface area (TPSA) is 29.5 Å². The van der Waals surface area contributed by atoms with Gasteiger partial charge in [-0.3, -0.25) is 0 Å². The largest absolute Gasteiger partial charge is 0.480 e. The molecule has 1 aromatic carbocycles. The second-order valence-electron chi connectivity index (χ2n) is 3.68. The molecule has 1 aromatic rings. The number of rotatable bonds is 0. The molecule has 0 unspecified atom stereocenters. The first-order valence-corrected chi connectivity index (χ1v) is 5.11. The van der Waals surface area contributed by atoms with Crippen molar-refractivity contribution in [1.82, 2.24) is 0 Å². The van der Waals surface area contributed by atoms with Crippen LogP contribution in [0.3, 0.4) is 0 Å². The normalized spacial score (nSPS) is 17.1. The zero-order valence-corrected chi connectivity index (χ0v) is 8.55. The smallest absolute Gasteiger partial charge is 0.290 e. The first kappa shape index (κ1) is 9.04. The van der Waals surface area contributed by atoms with Gasteiger partial charge in [0.15, 0.2) is 0 Å². The molecular weight excluding hydrogens is 200 g/mol. The number of hydrogen-bond acceptors (Lipinski definition) is 2. The van der Waals surface area contributed by atoms with Crippen LogP contribution in [0.5, 0.6) is 0 Å². The fraction of sp³-hybridized carbons (Fsp3) is 0. The molecule has 2 nitrogen and oxygen atoms in total. The average molecular weight is 210 g/mol. The van der Waals surface area contributed by atoms with Gasteiger partial charge in [0, 0.05) is 5.57 Å². The third kappa shape index (κ3) is 1.36. The summed E-state index contributed by atoms with van der Waals surface area (Å²) in [6, 6.07) is 7.61. The van der Waals surface area contributed by atoms with Crippen LogP contribution in [-0.4, -0.2) is 5.11 Å². The zero-order chi connectivity index (χ0) is 11.0. The minimum absolute atomic E-state index is 0.0331. The van der Waals surface area contributed by atoms with Crippen molar-refractivity contribution in [3.8, 4) is 0 Å². The third-order valence-corrected chi connectivity index (χ3v) is 2.63. The van der Waals surface area contributed by atoms with Crippen LogP contribution in [0.15, 0.2) is 59.9 Å². The van der Waals surface area contributed by atoms with Gasteiger partial charge in [0.05, 0.1) is 5.22 Å². The summed E-state index contributed by atoms with van der Waals surface area (Å²) < 4.78 is 5.39. The zero-order valence-electron chi connectivity index (χ0n) is 8.55. The minimum Gasteiger partial charge on any atom is -0.480 e. The Balaban J connectivity index is 2.28. The van der Waals surface area contributed by atoms with Crippen molar-refractivity contribution in [3.05, 3.63) is 70.3 Å². The molecule has 0 aromatic heterocycles. The Kier molecular flexibility index (Phi) is 1.93. The fourth-order valence-corrected chi connectivity index (χ4v) is 1.83. The second kappa shape index (κ2) is 3.42. The molecule has 0 radical (unpaired) electrons. The molecule has 0 spiro atoms.